The first-order valence-corrected chi connectivity index (χ1v) is 10.3. The lowest BCUT2D eigenvalue weighted by molar-refractivity contribution is 0.0710. The number of piperidine rings is 1. The van der Waals surface area contributed by atoms with Gasteiger partial charge in [0.1, 0.15) is 11.6 Å². The van der Waals surface area contributed by atoms with Gasteiger partial charge in [-0.15, -0.1) is 0 Å². The van der Waals surface area contributed by atoms with Gasteiger partial charge < -0.3 is 4.90 Å². The fraction of sp³-hybridized carbons (Fsp3) is 0.348. The smallest absolute Gasteiger partial charge is 0.339 e. The molecule has 2 aromatic carbocycles. The van der Waals surface area contributed by atoms with Crippen molar-refractivity contribution in [3.8, 4) is 0 Å². The average Bonchev–Trinajstić information content (AvgIpc) is 3.09. The van der Waals surface area contributed by atoms with E-state index >= 15 is 0 Å². The summed E-state index contributed by atoms with van der Waals surface area (Å²) in [5, 5.41) is 4.66. The van der Waals surface area contributed by atoms with E-state index in [2.05, 4.69) is 5.10 Å². The lowest BCUT2D eigenvalue weighted by Gasteiger charge is -2.31. The zero-order valence-electron chi connectivity index (χ0n) is 17.0. The maximum absolute atomic E-state index is 13.1. The van der Waals surface area contributed by atoms with Crippen LogP contribution in [0.4, 0.5) is 4.39 Å². The molecule has 4 rings (SSSR count). The first-order chi connectivity index (χ1) is 14.6. The van der Waals surface area contributed by atoms with E-state index in [1.165, 1.54) is 28.9 Å². The number of rotatable bonds is 5. The molecule has 0 N–H and O–H groups in total. The average molecular weight is 408 g/mol. The van der Waals surface area contributed by atoms with Crippen LogP contribution in [0.2, 0.25) is 0 Å². The fourth-order valence-electron chi connectivity index (χ4n) is 4.03. The van der Waals surface area contributed by atoms with Crippen molar-refractivity contribution in [2.45, 2.75) is 38.8 Å². The summed E-state index contributed by atoms with van der Waals surface area (Å²) in [5.74, 6) is 0.490. The maximum Gasteiger partial charge on any atom is 0.346 e. The molecule has 1 saturated heterocycles. The maximum atomic E-state index is 13.1. The standard InChI is InChI=1S/C23H25FN4O2/c1-2-27-21(25-28(23(27)30)16-17-6-4-3-5-7-17)18-12-14-26(15-13-18)22(29)19-8-10-20(24)11-9-19/h3-11,18H,2,12-16H2,1H3. The predicted octanol–water partition coefficient (Wildman–Crippen LogP) is 3.27. The minimum absolute atomic E-state index is 0.0871. The van der Waals surface area contributed by atoms with Gasteiger partial charge in [0, 0.05) is 31.1 Å². The predicted molar refractivity (Wildman–Crippen MR) is 112 cm³/mol. The molecule has 1 amide bonds. The Kier molecular flexibility index (Phi) is 5.79. The number of hydrogen-bond acceptors (Lipinski definition) is 3. The number of likely N-dealkylation sites (tertiary alicyclic amines) is 1. The zero-order chi connectivity index (χ0) is 21.1. The number of aromatic nitrogens is 3. The molecule has 0 bridgehead atoms. The van der Waals surface area contributed by atoms with E-state index in [1.807, 2.05) is 37.3 Å². The van der Waals surface area contributed by atoms with E-state index in [4.69, 9.17) is 0 Å². The minimum Gasteiger partial charge on any atom is -0.339 e. The minimum atomic E-state index is -0.353. The third-order valence-electron chi connectivity index (χ3n) is 5.68. The van der Waals surface area contributed by atoms with Crippen LogP contribution in [-0.2, 0) is 13.1 Å². The number of halogens is 1. The number of carbonyl (C=O) groups is 1. The highest BCUT2D eigenvalue weighted by molar-refractivity contribution is 5.94. The summed E-state index contributed by atoms with van der Waals surface area (Å²) in [6, 6.07) is 15.5. The van der Waals surface area contributed by atoms with E-state index in [9.17, 15) is 14.0 Å². The van der Waals surface area contributed by atoms with E-state index in [-0.39, 0.29) is 23.3 Å². The SMILES string of the molecule is CCn1c(C2CCN(C(=O)c3ccc(F)cc3)CC2)nn(Cc2ccccc2)c1=O. The first kappa shape index (κ1) is 20.1. The molecule has 1 aromatic heterocycles. The number of amides is 1. The summed E-state index contributed by atoms with van der Waals surface area (Å²) in [6.45, 7) is 4.14. The molecule has 0 unspecified atom stereocenters. The monoisotopic (exact) mass is 408 g/mol. The molecular weight excluding hydrogens is 383 g/mol. The quantitative estimate of drug-likeness (QED) is 0.651. The van der Waals surface area contributed by atoms with Crippen molar-refractivity contribution in [3.63, 3.8) is 0 Å². The first-order valence-electron chi connectivity index (χ1n) is 10.3. The van der Waals surface area contributed by atoms with Gasteiger partial charge in [0.15, 0.2) is 0 Å². The summed E-state index contributed by atoms with van der Waals surface area (Å²) in [5.41, 5.74) is 1.43. The summed E-state index contributed by atoms with van der Waals surface area (Å²) in [7, 11) is 0. The summed E-state index contributed by atoms with van der Waals surface area (Å²) < 4.78 is 16.4. The van der Waals surface area contributed by atoms with Gasteiger partial charge in [-0.2, -0.15) is 5.10 Å². The van der Waals surface area contributed by atoms with Gasteiger partial charge in [-0.25, -0.2) is 13.9 Å². The molecule has 2 heterocycles. The summed E-state index contributed by atoms with van der Waals surface area (Å²) >= 11 is 0. The molecule has 7 heteroatoms. The van der Waals surface area contributed by atoms with Crippen LogP contribution >= 0.6 is 0 Å². The van der Waals surface area contributed by atoms with Gasteiger partial charge >= 0.3 is 5.69 Å². The highest BCUT2D eigenvalue weighted by atomic mass is 19.1. The van der Waals surface area contributed by atoms with E-state index in [0.29, 0.717) is 31.7 Å². The van der Waals surface area contributed by atoms with E-state index < -0.39 is 0 Å². The Morgan fingerprint density at radius 2 is 1.73 bits per heavy atom. The Morgan fingerprint density at radius 3 is 2.37 bits per heavy atom. The second kappa shape index (κ2) is 8.65. The second-order valence-corrected chi connectivity index (χ2v) is 7.60. The van der Waals surface area contributed by atoms with Crippen LogP contribution in [0.25, 0.3) is 0 Å². The van der Waals surface area contributed by atoms with Crippen LogP contribution in [0.5, 0.6) is 0 Å². The second-order valence-electron chi connectivity index (χ2n) is 7.60. The van der Waals surface area contributed by atoms with Crippen molar-refractivity contribution >= 4 is 5.91 Å². The third kappa shape index (κ3) is 4.06. The molecule has 0 spiro atoms. The van der Waals surface area contributed by atoms with Gasteiger partial charge in [0.05, 0.1) is 6.54 Å². The largest absolute Gasteiger partial charge is 0.346 e. The number of carbonyl (C=O) groups excluding carboxylic acids is 1. The van der Waals surface area contributed by atoms with Gasteiger partial charge in [0.2, 0.25) is 0 Å². The van der Waals surface area contributed by atoms with Crippen molar-refractivity contribution in [2.24, 2.45) is 0 Å². The van der Waals surface area contributed by atoms with Crippen LogP contribution in [0, 0.1) is 5.82 Å². The molecule has 0 saturated carbocycles. The molecule has 0 aliphatic carbocycles. The van der Waals surface area contributed by atoms with Crippen LogP contribution in [0.15, 0.2) is 59.4 Å². The van der Waals surface area contributed by atoms with Crippen molar-refractivity contribution in [2.75, 3.05) is 13.1 Å². The molecule has 3 aromatic rings. The molecule has 30 heavy (non-hydrogen) atoms. The van der Waals surface area contributed by atoms with Crippen LogP contribution < -0.4 is 5.69 Å². The Balaban J connectivity index is 1.47. The van der Waals surface area contributed by atoms with Gasteiger partial charge in [-0.1, -0.05) is 30.3 Å². The van der Waals surface area contributed by atoms with Gasteiger partial charge in [-0.3, -0.25) is 9.36 Å². The Labute approximate surface area is 174 Å². The lowest BCUT2D eigenvalue weighted by Crippen LogP contribution is -2.38. The topological polar surface area (TPSA) is 60.1 Å². The molecule has 1 aliphatic heterocycles. The van der Waals surface area contributed by atoms with E-state index in [1.54, 1.807) is 9.47 Å². The normalized spacial score (nSPS) is 14.8. The van der Waals surface area contributed by atoms with Crippen LogP contribution in [-0.4, -0.2) is 38.2 Å². The third-order valence-corrected chi connectivity index (χ3v) is 5.68. The van der Waals surface area contributed by atoms with Crippen molar-refractivity contribution in [3.05, 3.63) is 87.9 Å². The van der Waals surface area contributed by atoms with Gasteiger partial charge in [0.25, 0.3) is 5.91 Å². The zero-order valence-corrected chi connectivity index (χ0v) is 17.0. The summed E-state index contributed by atoms with van der Waals surface area (Å²) in [6.07, 6.45) is 1.49. The van der Waals surface area contributed by atoms with Crippen LogP contribution in [0.3, 0.4) is 0 Å². The molecule has 1 aliphatic rings. The Morgan fingerprint density at radius 1 is 1.07 bits per heavy atom. The Bertz CT molecular complexity index is 1060. The van der Waals surface area contributed by atoms with Crippen molar-refractivity contribution in [1.29, 1.82) is 0 Å². The van der Waals surface area contributed by atoms with Crippen molar-refractivity contribution in [1.82, 2.24) is 19.2 Å². The van der Waals surface area contributed by atoms with Gasteiger partial charge in [-0.05, 0) is 49.6 Å². The molecule has 0 radical (unpaired) electrons. The molecule has 1 fully saturated rings. The highest BCUT2D eigenvalue weighted by Gasteiger charge is 2.28. The number of benzene rings is 2. The molecule has 0 atom stereocenters. The highest BCUT2D eigenvalue weighted by Crippen LogP contribution is 2.27. The van der Waals surface area contributed by atoms with Crippen LogP contribution in [0.1, 0.15) is 47.4 Å². The fourth-order valence-corrected chi connectivity index (χ4v) is 4.03. The number of nitrogens with zero attached hydrogens (tertiary/aromatic N) is 4. The lowest BCUT2D eigenvalue weighted by atomic mass is 9.95. The van der Waals surface area contributed by atoms with E-state index in [0.717, 1.165) is 24.2 Å². The Hall–Kier alpha value is -3.22. The molecular formula is C23H25FN4O2. The molecule has 6 nitrogen and oxygen atoms in total. The molecule has 156 valence electrons. The van der Waals surface area contributed by atoms with Crippen molar-refractivity contribution < 1.29 is 9.18 Å². The number of hydrogen-bond donors (Lipinski definition) is 0. The summed E-state index contributed by atoms with van der Waals surface area (Å²) in [4.78, 5) is 27.3.